The van der Waals surface area contributed by atoms with E-state index >= 15 is 0 Å². The van der Waals surface area contributed by atoms with Gasteiger partial charge >= 0.3 is 6.03 Å². The van der Waals surface area contributed by atoms with Crippen molar-refractivity contribution in [1.29, 1.82) is 0 Å². The first-order chi connectivity index (χ1) is 9.60. The quantitative estimate of drug-likeness (QED) is 0.903. The molecule has 0 aliphatic carbocycles. The Morgan fingerprint density at radius 3 is 2.55 bits per heavy atom. The van der Waals surface area contributed by atoms with Crippen LogP contribution in [0.3, 0.4) is 0 Å². The normalized spacial score (nSPS) is 10.2. The van der Waals surface area contributed by atoms with Crippen LogP contribution >= 0.6 is 0 Å². The highest BCUT2D eigenvalue weighted by atomic mass is 19.1. The molecule has 2 aromatic rings. The molecule has 0 spiro atoms. The number of halogens is 1. The molecule has 0 aliphatic rings. The second-order valence-corrected chi connectivity index (χ2v) is 4.37. The highest BCUT2D eigenvalue weighted by molar-refractivity contribution is 6.01. The molecule has 0 aromatic heterocycles. The summed E-state index contributed by atoms with van der Waals surface area (Å²) in [6, 6.07) is 12.8. The van der Waals surface area contributed by atoms with Gasteiger partial charge in [-0.3, -0.25) is 4.90 Å². The topological polar surface area (TPSA) is 58.4 Å². The van der Waals surface area contributed by atoms with E-state index in [-0.39, 0.29) is 11.8 Å². The third-order valence-corrected chi connectivity index (χ3v) is 2.94. The average Bonchev–Trinajstić information content (AvgIpc) is 2.47. The fraction of sp³-hybridized carbons (Fsp3) is 0.133. The van der Waals surface area contributed by atoms with Gasteiger partial charge in [-0.1, -0.05) is 18.2 Å². The molecule has 0 atom stereocenters. The van der Waals surface area contributed by atoms with Gasteiger partial charge in [-0.25, -0.2) is 9.18 Å². The van der Waals surface area contributed by atoms with E-state index in [2.05, 4.69) is 5.32 Å². The van der Waals surface area contributed by atoms with Crippen LogP contribution in [0, 0.1) is 5.82 Å². The summed E-state index contributed by atoms with van der Waals surface area (Å²) in [5.74, 6) is -0.380. The third kappa shape index (κ3) is 3.33. The Kier molecular flexibility index (Phi) is 4.32. The molecule has 0 unspecified atom stereocenters. The van der Waals surface area contributed by atoms with Crippen molar-refractivity contribution in [2.75, 3.05) is 17.3 Å². The Morgan fingerprint density at radius 2 is 1.95 bits per heavy atom. The number of nitrogens with one attached hydrogen (secondary N) is 1. The maximum absolute atomic E-state index is 13.1. The van der Waals surface area contributed by atoms with Crippen LogP contribution in [0.5, 0.6) is 0 Å². The van der Waals surface area contributed by atoms with E-state index in [1.54, 1.807) is 31.3 Å². The second-order valence-electron chi connectivity index (χ2n) is 4.37. The van der Waals surface area contributed by atoms with Gasteiger partial charge < -0.3 is 11.1 Å². The van der Waals surface area contributed by atoms with Crippen LogP contribution in [0.15, 0.2) is 48.5 Å². The van der Waals surface area contributed by atoms with Crippen LogP contribution in [-0.2, 0) is 6.54 Å². The SMILES string of the molecule is CN(C(=O)Nc1ccc(CN)cc1)c1cccc(F)c1. The van der Waals surface area contributed by atoms with Crippen LogP contribution in [0.25, 0.3) is 0 Å². The molecule has 2 aromatic carbocycles. The lowest BCUT2D eigenvalue weighted by Gasteiger charge is -2.18. The Bertz CT molecular complexity index is 598. The van der Waals surface area contributed by atoms with Gasteiger partial charge in [-0.05, 0) is 35.9 Å². The van der Waals surface area contributed by atoms with Gasteiger partial charge in [0.15, 0.2) is 0 Å². The summed E-state index contributed by atoms with van der Waals surface area (Å²) in [7, 11) is 1.58. The summed E-state index contributed by atoms with van der Waals surface area (Å²) in [4.78, 5) is 13.4. The fourth-order valence-corrected chi connectivity index (χ4v) is 1.73. The van der Waals surface area contributed by atoms with Gasteiger partial charge in [-0.2, -0.15) is 0 Å². The molecule has 0 fully saturated rings. The van der Waals surface area contributed by atoms with E-state index in [1.807, 2.05) is 12.1 Å². The van der Waals surface area contributed by atoms with E-state index in [0.29, 0.717) is 17.9 Å². The molecule has 4 nitrogen and oxygen atoms in total. The van der Waals surface area contributed by atoms with Crippen LogP contribution in [0.2, 0.25) is 0 Å². The minimum absolute atomic E-state index is 0.337. The van der Waals surface area contributed by atoms with Crippen LogP contribution in [0.1, 0.15) is 5.56 Å². The number of carbonyl (C=O) groups excluding carboxylic acids is 1. The van der Waals surface area contributed by atoms with Crippen LogP contribution in [0.4, 0.5) is 20.6 Å². The number of rotatable bonds is 3. The van der Waals surface area contributed by atoms with E-state index in [9.17, 15) is 9.18 Å². The first kappa shape index (κ1) is 14.0. The summed E-state index contributed by atoms with van der Waals surface area (Å²) in [5.41, 5.74) is 7.65. The number of nitrogens with two attached hydrogens (primary N) is 1. The molecule has 0 saturated carbocycles. The smallest absolute Gasteiger partial charge is 0.326 e. The molecular formula is C15H16FN3O. The van der Waals surface area contributed by atoms with Crippen molar-refractivity contribution in [2.45, 2.75) is 6.54 Å². The van der Waals surface area contributed by atoms with Crippen LogP contribution in [-0.4, -0.2) is 13.1 Å². The molecular weight excluding hydrogens is 257 g/mol. The van der Waals surface area contributed by atoms with Gasteiger partial charge in [0.05, 0.1) is 0 Å². The van der Waals surface area contributed by atoms with Gasteiger partial charge in [0.25, 0.3) is 0 Å². The summed E-state index contributed by atoms with van der Waals surface area (Å²) < 4.78 is 13.1. The Hall–Kier alpha value is -2.40. The van der Waals surface area contributed by atoms with Crippen molar-refractivity contribution in [3.05, 3.63) is 59.9 Å². The summed E-state index contributed by atoms with van der Waals surface area (Å²) in [5, 5.41) is 2.73. The number of anilines is 2. The second kappa shape index (κ2) is 6.16. The fourth-order valence-electron chi connectivity index (χ4n) is 1.73. The predicted octanol–water partition coefficient (Wildman–Crippen LogP) is 2.95. The molecule has 0 heterocycles. The number of benzene rings is 2. The first-order valence-electron chi connectivity index (χ1n) is 6.19. The Balaban J connectivity index is 2.07. The molecule has 2 amide bonds. The number of hydrogen-bond donors (Lipinski definition) is 2. The number of nitrogens with zero attached hydrogens (tertiary/aromatic N) is 1. The maximum atomic E-state index is 13.1. The van der Waals surface area contributed by atoms with Crippen molar-refractivity contribution in [1.82, 2.24) is 0 Å². The zero-order chi connectivity index (χ0) is 14.5. The maximum Gasteiger partial charge on any atom is 0.326 e. The largest absolute Gasteiger partial charge is 0.326 e. The van der Waals surface area contributed by atoms with Crippen molar-refractivity contribution < 1.29 is 9.18 Å². The molecule has 0 radical (unpaired) electrons. The van der Waals surface area contributed by atoms with Gasteiger partial charge in [0.1, 0.15) is 5.82 Å². The minimum atomic E-state index is -0.380. The molecule has 2 rings (SSSR count). The third-order valence-electron chi connectivity index (χ3n) is 2.94. The first-order valence-corrected chi connectivity index (χ1v) is 6.19. The molecule has 0 aliphatic heterocycles. The van der Waals surface area contributed by atoms with Crippen LogP contribution < -0.4 is 16.0 Å². The van der Waals surface area contributed by atoms with Gasteiger partial charge in [0.2, 0.25) is 0 Å². The van der Waals surface area contributed by atoms with Crippen molar-refractivity contribution in [2.24, 2.45) is 5.73 Å². The standard InChI is InChI=1S/C15H16FN3O/c1-19(14-4-2-3-12(16)9-14)15(20)18-13-7-5-11(10-17)6-8-13/h2-9H,10,17H2,1H3,(H,18,20). The predicted molar refractivity (Wildman–Crippen MR) is 78.2 cm³/mol. The highest BCUT2D eigenvalue weighted by Gasteiger charge is 2.11. The monoisotopic (exact) mass is 273 g/mol. The number of carbonyl (C=O) groups is 1. The lowest BCUT2D eigenvalue weighted by molar-refractivity contribution is 0.258. The molecule has 0 saturated heterocycles. The molecule has 0 bridgehead atoms. The zero-order valence-electron chi connectivity index (χ0n) is 11.1. The average molecular weight is 273 g/mol. The highest BCUT2D eigenvalue weighted by Crippen LogP contribution is 2.16. The summed E-state index contributed by atoms with van der Waals surface area (Å²) >= 11 is 0. The summed E-state index contributed by atoms with van der Waals surface area (Å²) in [6.07, 6.45) is 0. The summed E-state index contributed by atoms with van der Waals surface area (Å²) in [6.45, 7) is 0.456. The number of urea groups is 1. The van der Waals surface area contributed by atoms with Crippen molar-refractivity contribution in [3.8, 4) is 0 Å². The number of hydrogen-bond acceptors (Lipinski definition) is 2. The van der Waals surface area contributed by atoms with E-state index in [4.69, 9.17) is 5.73 Å². The Morgan fingerprint density at radius 1 is 1.25 bits per heavy atom. The minimum Gasteiger partial charge on any atom is -0.326 e. The number of amides is 2. The molecule has 20 heavy (non-hydrogen) atoms. The zero-order valence-corrected chi connectivity index (χ0v) is 11.1. The lowest BCUT2D eigenvalue weighted by atomic mass is 10.2. The van der Waals surface area contributed by atoms with E-state index < -0.39 is 0 Å². The van der Waals surface area contributed by atoms with E-state index in [1.165, 1.54) is 17.0 Å². The lowest BCUT2D eigenvalue weighted by Crippen LogP contribution is -2.31. The Labute approximate surface area is 117 Å². The van der Waals surface area contributed by atoms with Gasteiger partial charge in [-0.15, -0.1) is 0 Å². The molecule has 3 N–H and O–H groups in total. The van der Waals surface area contributed by atoms with Crippen molar-refractivity contribution >= 4 is 17.4 Å². The molecule has 5 heteroatoms. The van der Waals surface area contributed by atoms with Crippen molar-refractivity contribution in [3.63, 3.8) is 0 Å². The van der Waals surface area contributed by atoms with Gasteiger partial charge in [0, 0.05) is 25.0 Å². The van der Waals surface area contributed by atoms with E-state index in [0.717, 1.165) is 5.56 Å². The molecule has 104 valence electrons.